The molecule has 4 nitrogen and oxygen atoms in total. The van der Waals surface area contributed by atoms with E-state index < -0.39 is 5.97 Å². The Kier molecular flexibility index (Phi) is 7.24. The molecule has 2 aromatic carbocycles. The van der Waals surface area contributed by atoms with Gasteiger partial charge in [0, 0.05) is 9.61 Å². The predicted octanol–water partition coefficient (Wildman–Crippen LogP) is 3.59. The van der Waals surface area contributed by atoms with Gasteiger partial charge in [0.1, 0.15) is 0 Å². The van der Waals surface area contributed by atoms with E-state index in [0.717, 1.165) is 16.4 Å². The molecule has 1 N–H and O–H groups in total. The van der Waals surface area contributed by atoms with Crippen molar-refractivity contribution in [2.45, 2.75) is 25.8 Å². The summed E-state index contributed by atoms with van der Waals surface area (Å²) in [6, 6.07) is 17.2. The standard InChI is InChI=1S/C19H20INO3/c1-14(7-8-15-5-3-2-4-6-15)21-18(22)13-24-19(23)16-9-11-17(20)12-10-16/h2-6,9-12,14H,7-8,13H2,1H3,(H,21,22). The zero-order chi connectivity index (χ0) is 17.4. The largest absolute Gasteiger partial charge is 0.452 e. The Balaban J connectivity index is 1.70. The Morgan fingerprint density at radius 3 is 2.42 bits per heavy atom. The van der Waals surface area contributed by atoms with Gasteiger partial charge >= 0.3 is 5.97 Å². The van der Waals surface area contributed by atoms with Crippen LogP contribution in [0, 0.1) is 3.57 Å². The van der Waals surface area contributed by atoms with E-state index in [-0.39, 0.29) is 18.6 Å². The van der Waals surface area contributed by atoms with Crippen molar-refractivity contribution in [3.05, 3.63) is 69.3 Å². The number of hydrogen-bond acceptors (Lipinski definition) is 3. The number of esters is 1. The Morgan fingerprint density at radius 1 is 1.08 bits per heavy atom. The molecule has 24 heavy (non-hydrogen) atoms. The molecule has 0 saturated heterocycles. The van der Waals surface area contributed by atoms with Crippen LogP contribution >= 0.6 is 22.6 Å². The lowest BCUT2D eigenvalue weighted by atomic mass is 10.1. The number of ether oxygens (including phenoxy) is 1. The van der Waals surface area contributed by atoms with E-state index >= 15 is 0 Å². The van der Waals surface area contributed by atoms with Crippen molar-refractivity contribution in [3.8, 4) is 0 Å². The number of hydrogen-bond donors (Lipinski definition) is 1. The quantitative estimate of drug-likeness (QED) is 0.532. The van der Waals surface area contributed by atoms with Crippen molar-refractivity contribution < 1.29 is 14.3 Å². The van der Waals surface area contributed by atoms with Gasteiger partial charge in [-0.2, -0.15) is 0 Å². The average molecular weight is 437 g/mol. The minimum absolute atomic E-state index is 0.0229. The minimum atomic E-state index is -0.488. The summed E-state index contributed by atoms with van der Waals surface area (Å²) in [6.07, 6.45) is 1.73. The highest BCUT2D eigenvalue weighted by Gasteiger charge is 2.12. The molecule has 0 spiro atoms. The van der Waals surface area contributed by atoms with Crippen molar-refractivity contribution in [2.75, 3.05) is 6.61 Å². The van der Waals surface area contributed by atoms with Crippen molar-refractivity contribution >= 4 is 34.5 Å². The van der Waals surface area contributed by atoms with Gasteiger partial charge in [-0.3, -0.25) is 4.79 Å². The van der Waals surface area contributed by atoms with Crippen molar-refractivity contribution in [3.63, 3.8) is 0 Å². The Bertz CT molecular complexity index is 671. The van der Waals surface area contributed by atoms with Crippen LogP contribution in [0.2, 0.25) is 0 Å². The van der Waals surface area contributed by atoms with Crippen LogP contribution in [0.3, 0.4) is 0 Å². The van der Waals surface area contributed by atoms with Crippen LogP contribution in [0.4, 0.5) is 0 Å². The van der Waals surface area contributed by atoms with Crippen LogP contribution in [0.15, 0.2) is 54.6 Å². The molecule has 0 bridgehead atoms. The number of halogens is 1. The van der Waals surface area contributed by atoms with Gasteiger partial charge in [0.25, 0.3) is 5.91 Å². The molecule has 1 atom stereocenters. The third-order valence-corrected chi connectivity index (χ3v) is 4.25. The van der Waals surface area contributed by atoms with Gasteiger partial charge in [0.15, 0.2) is 6.61 Å². The molecule has 1 unspecified atom stereocenters. The molecule has 2 aromatic rings. The van der Waals surface area contributed by atoms with E-state index in [0.29, 0.717) is 5.56 Å². The maximum atomic E-state index is 11.9. The number of amides is 1. The fraction of sp³-hybridized carbons (Fsp3) is 0.263. The highest BCUT2D eigenvalue weighted by atomic mass is 127. The van der Waals surface area contributed by atoms with Gasteiger partial charge in [0.2, 0.25) is 0 Å². The van der Waals surface area contributed by atoms with E-state index in [4.69, 9.17) is 4.74 Å². The van der Waals surface area contributed by atoms with Crippen LogP contribution in [-0.4, -0.2) is 24.5 Å². The summed E-state index contributed by atoms with van der Waals surface area (Å²) >= 11 is 2.16. The number of rotatable bonds is 7. The number of carbonyl (C=O) groups is 2. The summed E-state index contributed by atoms with van der Waals surface area (Å²) in [5.41, 5.74) is 1.68. The number of aryl methyl sites for hydroxylation is 1. The SMILES string of the molecule is CC(CCc1ccccc1)NC(=O)COC(=O)c1ccc(I)cc1. The fourth-order valence-corrected chi connectivity index (χ4v) is 2.58. The van der Waals surface area contributed by atoms with E-state index in [1.807, 2.05) is 37.3 Å². The maximum Gasteiger partial charge on any atom is 0.338 e. The molecule has 126 valence electrons. The molecule has 0 aliphatic heterocycles. The molecule has 0 aliphatic carbocycles. The third-order valence-electron chi connectivity index (χ3n) is 3.53. The second-order valence-corrected chi connectivity index (χ2v) is 6.82. The van der Waals surface area contributed by atoms with Crippen LogP contribution in [0.5, 0.6) is 0 Å². The van der Waals surface area contributed by atoms with Crippen LogP contribution in [-0.2, 0) is 16.0 Å². The van der Waals surface area contributed by atoms with Crippen LogP contribution in [0.1, 0.15) is 29.3 Å². The van der Waals surface area contributed by atoms with Gasteiger partial charge in [0.05, 0.1) is 5.56 Å². The normalized spacial score (nSPS) is 11.6. The molecule has 2 rings (SSSR count). The zero-order valence-electron chi connectivity index (χ0n) is 13.5. The first-order valence-corrected chi connectivity index (χ1v) is 8.88. The monoisotopic (exact) mass is 437 g/mol. The Hall–Kier alpha value is -1.89. The molecule has 0 aromatic heterocycles. The molecule has 0 aliphatic rings. The Morgan fingerprint density at radius 2 is 1.75 bits per heavy atom. The average Bonchev–Trinajstić information content (AvgIpc) is 2.59. The molecule has 1 amide bonds. The first-order chi connectivity index (χ1) is 11.5. The van der Waals surface area contributed by atoms with Gasteiger partial charge in [-0.15, -0.1) is 0 Å². The zero-order valence-corrected chi connectivity index (χ0v) is 15.7. The summed E-state index contributed by atoms with van der Waals surface area (Å²) in [5.74, 6) is -0.770. The van der Waals surface area contributed by atoms with Gasteiger partial charge < -0.3 is 10.1 Å². The maximum absolute atomic E-state index is 11.9. The van der Waals surface area contributed by atoms with Crippen LogP contribution < -0.4 is 5.32 Å². The molecule has 0 heterocycles. The third kappa shape index (κ3) is 6.31. The van der Waals surface area contributed by atoms with Gasteiger partial charge in [-0.25, -0.2) is 4.79 Å². The lowest BCUT2D eigenvalue weighted by molar-refractivity contribution is -0.124. The summed E-state index contributed by atoms with van der Waals surface area (Å²) in [6.45, 7) is 1.68. The lowest BCUT2D eigenvalue weighted by Crippen LogP contribution is -2.36. The summed E-state index contributed by atoms with van der Waals surface area (Å²) in [4.78, 5) is 23.7. The summed E-state index contributed by atoms with van der Waals surface area (Å²) < 4.78 is 6.08. The molecular weight excluding hydrogens is 417 g/mol. The molecule has 0 fully saturated rings. The molecule has 0 radical (unpaired) electrons. The van der Waals surface area contributed by atoms with E-state index in [9.17, 15) is 9.59 Å². The first-order valence-electron chi connectivity index (χ1n) is 7.80. The first kappa shape index (κ1) is 18.4. The smallest absolute Gasteiger partial charge is 0.338 e. The van der Waals surface area contributed by atoms with E-state index in [2.05, 4.69) is 40.0 Å². The fourth-order valence-electron chi connectivity index (χ4n) is 2.22. The second kappa shape index (κ2) is 9.42. The van der Waals surface area contributed by atoms with Crippen LogP contribution in [0.25, 0.3) is 0 Å². The van der Waals surface area contributed by atoms with Crippen molar-refractivity contribution in [1.29, 1.82) is 0 Å². The Labute approximate surface area is 155 Å². The lowest BCUT2D eigenvalue weighted by Gasteiger charge is -2.14. The van der Waals surface area contributed by atoms with E-state index in [1.165, 1.54) is 5.56 Å². The second-order valence-electron chi connectivity index (χ2n) is 5.58. The number of benzene rings is 2. The summed E-state index contributed by atoms with van der Waals surface area (Å²) in [7, 11) is 0. The predicted molar refractivity (Wildman–Crippen MR) is 102 cm³/mol. The van der Waals surface area contributed by atoms with Gasteiger partial charge in [-0.1, -0.05) is 30.3 Å². The van der Waals surface area contributed by atoms with E-state index in [1.54, 1.807) is 12.1 Å². The molecular formula is C19H20INO3. The minimum Gasteiger partial charge on any atom is -0.452 e. The summed E-state index contributed by atoms with van der Waals surface area (Å²) in [5, 5.41) is 2.85. The van der Waals surface area contributed by atoms with Gasteiger partial charge in [-0.05, 0) is 72.2 Å². The highest BCUT2D eigenvalue weighted by Crippen LogP contribution is 2.08. The topological polar surface area (TPSA) is 55.4 Å². The highest BCUT2D eigenvalue weighted by molar-refractivity contribution is 14.1. The number of carbonyl (C=O) groups excluding carboxylic acids is 2. The molecule has 5 heteroatoms. The van der Waals surface area contributed by atoms with Crippen molar-refractivity contribution in [2.24, 2.45) is 0 Å². The number of nitrogens with one attached hydrogen (secondary N) is 1. The molecule has 0 saturated carbocycles. The van der Waals surface area contributed by atoms with Crippen molar-refractivity contribution in [1.82, 2.24) is 5.32 Å².